The van der Waals surface area contributed by atoms with Crippen molar-refractivity contribution in [1.29, 1.82) is 0 Å². The van der Waals surface area contributed by atoms with Crippen molar-refractivity contribution < 1.29 is 54.4 Å². The highest BCUT2D eigenvalue weighted by Gasteiger charge is 2.51. The molecule has 0 spiro atoms. The fraction of sp³-hybridized carbons (Fsp3) is 0.933. The Hall–Kier alpha value is -0.930. The molecule has 0 aliphatic carbocycles. The van der Waals surface area contributed by atoms with Crippen molar-refractivity contribution >= 4 is 5.91 Å². The van der Waals surface area contributed by atoms with Gasteiger partial charge < -0.3 is 54.9 Å². The van der Waals surface area contributed by atoms with Gasteiger partial charge in [-0.2, -0.15) is 0 Å². The number of rotatable bonds is 6. The molecule has 0 bridgehead atoms. The van der Waals surface area contributed by atoms with Crippen molar-refractivity contribution in [2.45, 2.75) is 68.3 Å². The molecule has 2 fully saturated rings. The van der Waals surface area contributed by atoms with Gasteiger partial charge in [0.05, 0.1) is 13.2 Å². The van der Waals surface area contributed by atoms with Gasteiger partial charge in [0.15, 0.2) is 12.6 Å². The molecular weight excluding hydrogens is 370 g/mol. The molecule has 0 saturated carbocycles. The Morgan fingerprint density at radius 2 is 1.52 bits per heavy atom. The molecule has 0 radical (unpaired) electrons. The van der Waals surface area contributed by atoms with Crippen LogP contribution in [-0.2, 0) is 23.7 Å². The molecule has 2 aliphatic rings. The van der Waals surface area contributed by atoms with Crippen molar-refractivity contribution in [3.05, 3.63) is 0 Å². The predicted octanol–water partition coefficient (Wildman–Crippen LogP) is -4.60. The Labute approximate surface area is 155 Å². The minimum absolute atomic E-state index is 0.551. The van der Waals surface area contributed by atoms with Gasteiger partial charge in [-0.15, -0.1) is 0 Å². The summed E-state index contributed by atoms with van der Waals surface area (Å²) in [6.07, 6.45) is -12.4. The van der Waals surface area contributed by atoms with Crippen LogP contribution in [0.25, 0.3) is 0 Å². The fourth-order valence-corrected chi connectivity index (χ4v) is 3.16. The molecule has 27 heavy (non-hydrogen) atoms. The fourth-order valence-electron chi connectivity index (χ4n) is 3.16. The summed E-state index contributed by atoms with van der Waals surface area (Å²) in [6.45, 7) is -0.0663. The largest absolute Gasteiger partial charge is 0.394 e. The van der Waals surface area contributed by atoms with Crippen LogP contribution in [0.4, 0.5) is 0 Å². The number of nitrogens with one attached hydrogen (secondary N) is 1. The van der Waals surface area contributed by atoms with E-state index in [-0.39, 0.29) is 0 Å². The monoisotopic (exact) mass is 397 g/mol. The third-order valence-corrected chi connectivity index (χ3v) is 4.59. The quantitative estimate of drug-likeness (QED) is 0.228. The second-order valence-corrected chi connectivity index (χ2v) is 6.48. The average molecular weight is 397 g/mol. The maximum absolute atomic E-state index is 11.4. The molecule has 2 rings (SSSR count). The Morgan fingerprint density at radius 3 is 2.04 bits per heavy atom. The summed E-state index contributed by atoms with van der Waals surface area (Å²) < 4.78 is 21.2. The molecule has 12 nitrogen and oxygen atoms in total. The lowest BCUT2D eigenvalue weighted by Crippen LogP contribution is -2.67. The van der Waals surface area contributed by atoms with Crippen LogP contribution in [0.2, 0.25) is 0 Å². The molecule has 158 valence electrons. The molecule has 2 heterocycles. The SMILES string of the molecule is CO[C@H]1O[C@H](CO)[C@@H](O[C@@H]2O[C@H](CO)[C@H](O)[C@H](O)[C@@H]2NC(C)=O)[C@H](O)[C@H]1O. The van der Waals surface area contributed by atoms with Crippen LogP contribution < -0.4 is 5.32 Å². The van der Waals surface area contributed by atoms with Crippen LogP contribution in [0, 0.1) is 0 Å². The van der Waals surface area contributed by atoms with Gasteiger partial charge in [-0.05, 0) is 0 Å². The number of carbonyl (C=O) groups excluding carboxylic acids is 1. The number of amides is 1. The zero-order valence-corrected chi connectivity index (χ0v) is 14.9. The zero-order chi connectivity index (χ0) is 20.3. The number of aliphatic hydroxyl groups excluding tert-OH is 6. The van der Waals surface area contributed by atoms with E-state index in [0.717, 1.165) is 0 Å². The Kier molecular flexibility index (Phi) is 7.88. The number of aliphatic hydroxyl groups is 6. The van der Waals surface area contributed by atoms with Gasteiger partial charge in [0.1, 0.15) is 48.8 Å². The number of methoxy groups -OCH3 is 1. The second kappa shape index (κ2) is 9.52. The van der Waals surface area contributed by atoms with E-state index >= 15 is 0 Å². The van der Waals surface area contributed by atoms with Gasteiger partial charge >= 0.3 is 0 Å². The van der Waals surface area contributed by atoms with Gasteiger partial charge in [0, 0.05) is 14.0 Å². The summed E-state index contributed by atoms with van der Waals surface area (Å²) in [5.74, 6) is -0.551. The first-order chi connectivity index (χ1) is 12.7. The van der Waals surface area contributed by atoms with Crippen LogP contribution in [0.15, 0.2) is 0 Å². The molecular formula is C15H27NO11. The normalized spacial score (nSPS) is 45.5. The number of hydrogen-bond donors (Lipinski definition) is 7. The highest BCUT2D eigenvalue weighted by atomic mass is 16.7. The molecule has 12 heteroatoms. The Morgan fingerprint density at radius 1 is 0.926 bits per heavy atom. The minimum Gasteiger partial charge on any atom is -0.394 e. The van der Waals surface area contributed by atoms with Gasteiger partial charge in [0.25, 0.3) is 0 Å². The summed E-state index contributed by atoms with van der Waals surface area (Å²) in [7, 11) is 1.25. The van der Waals surface area contributed by atoms with Crippen LogP contribution in [-0.4, -0.2) is 118 Å². The van der Waals surface area contributed by atoms with Gasteiger partial charge in [-0.25, -0.2) is 0 Å². The van der Waals surface area contributed by atoms with Crippen LogP contribution in [0.1, 0.15) is 6.92 Å². The second-order valence-electron chi connectivity index (χ2n) is 6.48. The van der Waals surface area contributed by atoms with Gasteiger partial charge in [0.2, 0.25) is 5.91 Å². The summed E-state index contributed by atoms with van der Waals surface area (Å²) >= 11 is 0. The third-order valence-electron chi connectivity index (χ3n) is 4.59. The van der Waals surface area contributed by atoms with Gasteiger partial charge in [-0.3, -0.25) is 4.79 Å². The first-order valence-corrected chi connectivity index (χ1v) is 8.45. The van der Waals surface area contributed by atoms with E-state index in [1.807, 2.05) is 0 Å². The summed E-state index contributed by atoms with van der Waals surface area (Å²) in [5.41, 5.74) is 0. The lowest BCUT2D eigenvalue weighted by Gasteiger charge is -2.46. The van der Waals surface area contributed by atoms with Crippen molar-refractivity contribution in [1.82, 2.24) is 5.32 Å². The van der Waals surface area contributed by atoms with Crippen molar-refractivity contribution in [3.63, 3.8) is 0 Å². The average Bonchev–Trinajstić information content (AvgIpc) is 2.64. The van der Waals surface area contributed by atoms with Crippen LogP contribution >= 0.6 is 0 Å². The van der Waals surface area contributed by atoms with Crippen LogP contribution in [0.3, 0.4) is 0 Å². The minimum atomic E-state index is -1.56. The van der Waals surface area contributed by atoms with E-state index in [1.165, 1.54) is 14.0 Å². The molecule has 0 aromatic heterocycles. The molecule has 0 aromatic rings. The smallest absolute Gasteiger partial charge is 0.217 e. The topological polar surface area (TPSA) is 187 Å². The first-order valence-electron chi connectivity index (χ1n) is 8.45. The highest BCUT2D eigenvalue weighted by Crippen LogP contribution is 2.29. The number of hydrogen-bond acceptors (Lipinski definition) is 11. The standard InChI is InChI=1S/C15H27NO11/c1-5(19)16-8-10(21)9(20)6(3-17)25-14(8)27-13-7(4-18)26-15(24-2)12(23)11(13)22/h6-15,17-18,20-23H,3-4H2,1-2H3,(H,16,19)/t6-,7-,8+,9+,10-,11-,12-,13-,14+,15+/m1/s1. The van der Waals surface area contributed by atoms with E-state index in [2.05, 4.69) is 5.32 Å². The molecule has 0 aromatic carbocycles. The maximum Gasteiger partial charge on any atom is 0.217 e. The van der Waals surface area contributed by atoms with E-state index in [0.29, 0.717) is 0 Å². The zero-order valence-electron chi connectivity index (χ0n) is 14.9. The van der Waals surface area contributed by atoms with E-state index in [1.54, 1.807) is 0 Å². The Balaban J connectivity index is 2.22. The predicted molar refractivity (Wildman–Crippen MR) is 85.0 cm³/mol. The first kappa shape index (κ1) is 22.4. The molecule has 2 saturated heterocycles. The van der Waals surface area contributed by atoms with Crippen molar-refractivity contribution in [2.75, 3.05) is 20.3 Å². The number of ether oxygens (including phenoxy) is 4. The lowest BCUT2D eigenvalue weighted by atomic mass is 9.95. The number of carbonyl (C=O) groups is 1. The maximum atomic E-state index is 11.4. The van der Waals surface area contributed by atoms with E-state index < -0.39 is 80.5 Å². The summed E-state index contributed by atoms with van der Waals surface area (Å²) in [4.78, 5) is 11.4. The highest BCUT2D eigenvalue weighted by molar-refractivity contribution is 5.73. The summed E-state index contributed by atoms with van der Waals surface area (Å²) in [6, 6.07) is -1.25. The van der Waals surface area contributed by atoms with Crippen molar-refractivity contribution in [2.24, 2.45) is 0 Å². The van der Waals surface area contributed by atoms with Crippen LogP contribution in [0.5, 0.6) is 0 Å². The molecule has 7 N–H and O–H groups in total. The Bertz CT molecular complexity index is 492. The molecule has 1 amide bonds. The van der Waals surface area contributed by atoms with Crippen molar-refractivity contribution in [3.8, 4) is 0 Å². The molecule has 0 unspecified atom stereocenters. The summed E-state index contributed by atoms with van der Waals surface area (Å²) in [5, 5.41) is 61.8. The molecule has 10 atom stereocenters. The molecule has 2 aliphatic heterocycles. The van der Waals surface area contributed by atoms with E-state index in [9.17, 15) is 35.4 Å². The third kappa shape index (κ3) is 4.74. The lowest BCUT2D eigenvalue weighted by molar-refractivity contribution is -0.344. The van der Waals surface area contributed by atoms with Gasteiger partial charge in [-0.1, -0.05) is 0 Å². The van der Waals surface area contributed by atoms with E-state index in [4.69, 9.17) is 18.9 Å².